The number of pyridine rings is 1. The topological polar surface area (TPSA) is 42.0 Å². The van der Waals surface area contributed by atoms with Gasteiger partial charge in [0.25, 0.3) is 11.9 Å². The molecule has 0 aliphatic heterocycles. The highest BCUT2D eigenvalue weighted by Crippen LogP contribution is 2.20. The van der Waals surface area contributed by atoms with Gasteiger partial charge in [-0.2, -0.15) is 4.39 Å². The van der Waals surface area contributed by atoms with Crippen molar-refractivity contribution < 1.29 is 13.6 Å². The summed E-state index contributed by atoms with van der Waals surface area (Å²) in [6.07, 6.45) is 3.43. The van der Waals surface area contributed by atoms with Gasteiger partial charge >= 0.3 is 0 Å². The Kier molecular flexibility index (Phi) is 5.47. The first-order chi connectivity index (χ1) is 8.51. The maximum Gasteiger partial charge on any atom is 0.254 e. The van der Waals surface area contributed by atoms with E-state index in [9.17, 15) is 13.6 Å². The Morgan fingerprint density at radius 2 is 2.17 bits per heavy atom. The number of halogens is 3. The summed E-state index contributed by atoms with van der Waals surface area (Å²) >= 11 is 5.58. The van der Waals surface area contributed by atoms with Crippen molar-refractivity contribution in [2.75, 3.05) is 0 Å². The van der Waals surface area contributed by atoms with Crippen molar-refractivity contribution in [3.8, 4) is 0 Å². The van der Waals surface area contributed by atoms with Crippen LogP contribution in [0.5, 0.6) is 0 Å². The van der Waals surface area contributed by atoms with Crippen LogP contribution in [0.1, 0.15) is 43.5 Å². The number of hydrogen-bond donors (Lipinski definition) is 1. The van der Waals surface area contributed by atoms with Crippen LogP contribution in [0.15, 0.2) is 6.20 Å². The van der Waals surface area contributed by atoms with Gasteiger partial charge in [-0.3, -0.25) is 4.79 Å². The number of nitrogens with zero attached hydrogens (tertiary/aromatic N) is 1. The molecule has 0 aliphatic rings. The van der Waals surface area contributed by atoms with Crippen LogP contribution in [0.3, 0.4) is 0 Å². The molecular weight excluding hydrogens is 262 g/mol. The third kappa shape index (κ3) is 3.38. The number of nitrogens with one attached hydrogen (secondary N) is 1. The molecule has 1 heterocycles. The molecule has 1 N–H and O–H groups in total. The average molecular weight is 277 g/mol. The highest BCUT2D eigenvalue weighted by atomic mass is 35.5. The second-order valence-corrected chi connectivity index (χ2v) is 4.34. The van der Waals surface area contributed by atoms with E-state index >= 15 is 0 Å². The first-order valence-corrected chi connectivity index (χ1v) is 6.19. The van der Waals surface area contributed by atoms with Gasteiger partial charge in [0, 0.05) is 12.2 Å². The summed E-state index contributed by atoms with van der Waals surface area (Å²) in [7, 11) is 0. The van der Waals surface area contributed by atoms with Crippen molar-refractivity contribution in [2.45, 2.75) is 39.2 Å². The van der Waals surface area contributed by atoms with E-state index in [1.165, 1.54) is 0 Å². The maximum atomic E-state index is 13.2. The molecule has 1 atom stereocenters. The van der Waals surface area contributed by atoms with E-state index in [-0.39, 0.29) is 11.6 Å². The quantitative estimate of drug-likeness (QED) is 0.838. The van der Waals surface area contributed by atoms with Crippen LogP contribution >= 0.6 is 11.6 Å². The predicted molar refractivity (Wildman–Crippen MR) is 65.6 cm³/mol. The fourth-order valence-electron chi connectivity index (χ4n) is 1.59. The van der Waals surface area contributed by atoms with E-state index in [0.717, 1.165) is 25.5 Å². The first-order valence-electron chi connectivity index (χ1n) is 5.81. The molecule has 0 radical (unpaired) electrons. The highest BCUT2D eigenvalue weighted by molar-refractivity contribution is 6.33. The molecule has 0 aromatic carbocycles. The van der Waals surface area contributed by atoms with Gasteiger partial charge in [-0.05, 0) is 12.8 Å². The summed E-state index contributed by atoms with van der Waals surface area (Å²) in [5.41, 5.74) is -0.148. The Balaban J connectivity index is 2.87. The predicted octanol–water partition coefficient (Wildman–Crippen LogP) is 3.32. The van der Waals surface area contributed by atoms with E-state index in [0.29, 0.717) is 0 Å². The van der Waals surface area contributed by atoms with Crippen LogP contribution in [0.2, 0.25) is 5.02 Å². The number of carbonyl (C=O) groups excluding carboxylic acids is 1. The van der Waals surface area contributed by atoms with E-state index in [2.05, 4.69) is 10.3 Å². The van der Waals surface area contributed by atoms with Gasteiger partial charge in [0.2, 0.25) is 0 Å². The van der Waals surface area contributed by atoms with Crippen molar-refractivity contribution in [3.05, 3.63) is 28.5 Å². The summed E-state index contributed by atoms with van der Waals surface area (Å²) in [5.74, 6) is -3.14. The molecule has 100 valence electrons. The monoisotopic (exact) mass is 276 g/mol. The smallest absolute Gasteiger partial charge is 0.254 e. The normalized spacial score (nSPS) is 12.3. The van der Waals surface area contributed by atoms with Crippen molar-refractivity contribution in [1.29, 1.82) is 0 Å². The lowest BCUT2D eigenvalue weighted by Gasteiger charge is -2.16. The fourth-order valence-corrected chi connectivity index (χ4v) is 1.80. The zero-order valence-electron chi connectivity index (χ0n) is 10.3. The van der Waals surface area contributed by atoms with Crippen molar-refractivity contribution in [2.24, 2.45) is 0 Å². The van der Waals surface area contributed by atoms with Crippen LogP contribution in [0.4, 0.5) is 8.78 Å². The van der Waals surface area contributed by atoms with Gasteiger partial charge < -0.3 is 5.32 Å². The molecule has 0 saturated carbocycles. The lowest BCUT2D eigenvalue weighted by atomic mass is 10.1. The highest BCUT2D eigenvalue weighted by Gasteiger charge is 2.19. The van der Waals surface area contributed by atoms with Crippen LogP contribution < -0.4 is 5.32 Å². The van der Waals surface area contributed by atoms with Gasteiger partial charge in [-0.1, -0.05) is 31.9 Å². The summed E-state index contributed by atoms with van der Waals surface area (Å²) in [6.45, 7) is 3.94. The van der Waals surface area contributed by atoms with Crippen LogP contribution in [0, 0.1) is 11.8 Å². The lowest BCUT2D eigenvalue weighted by molar-refractivity contribution is 0.0933. The third-order valence-electron chi connectivity index (χ3n) is 2.63. The summed E-state index contributed by atoms with van der Waals surface area (Å²) in [6, 6.07) is -0.00770. The van der Waals surface area contributed by atoms with Crippen molar-refractivity contribution in [3.63, 3.8) is 0 Å². The minimum Gasteiger partial charge on any atom is -0.349 e. The Morgan fingerprint density at radius 1 is 1.50 bits per heavy atom. The van der Waals surface area contributed by atoms with Crippen LogP contribution in [-0.4, -0.2) is 16.9 Å². The molecule has 0 aliphatic carbocycles. The third-order valence-corrected chi connectivity index (χ3v) is 3.00. The average Bonchev–Trinajstić information content (AvgIpc) is 2.35. The molecule has 3 nitrogen and oxygen atoms in total. The molecule has 0 saturated heterocycles. The molecule has 18 heavy (non-hydrogen) atoms. The molecule has 1 rings (SSSR count). The molecule has 0 bridgehead atoms. The Hall–Kier alpha value is -1.23. The molecular formula is C12H15ClF2N2O. The molecule has 0 fully saturated rings. The van der Waals surface area contributed by atoms with Gasteiger partial charge in [0.05, 0.1) is 10.6 Å². The number of amides is 1. The van der Waals surface area contributed by atoms with Crippen LogP contribution in [-0.2, 0) is 0 Å². The summed E-state index contributed by atoms with van der Waals surface area (Å²) in [5, 5.41) is 2.18. The van der Waals surface area contributed by atoms with E-state index in [1.807, 2.05) is 13.8 Å². The maximum absolute atomic E-state index is 13.2. The zero-order valence-corrected chi connectivity index (χ0v) is 11.0. The zero-order chi connectivity index (χ0) is 13.7. The number of carbonyl (C=O) groups is 1. The SMILES string of the molecule is CCCC(CC)NC(=O)c1cnc(F)c(F)c1Cl. The Morgan fingerprint density at radius 3 is 2.72 bits per heavy atom. The molecule has 1 aromatic heterocycles. The molecule has 1 aromatic rings. The lowest BCUT2D eigenvalue weighted by Crippen LogP contribution is -2.34. The minimum atomic E-state index is -1.31. The van der Waals surface area contributed by atoms with Crippen molar-refractivity contribution >= 4 is 17.5 Å². The van der Waals surface area contributed by atoms with E-state index in [4.69, 9.17) is 11.6 Å². The van der Waals surface area contributed by atoms with Gasteiger partial charge in [0.1, 0.15) is 0 Å². The Labute approximate surface area is 110 Å². The molecule has 6 heteroatoms. The molecule has 1 amide bonds. The molecule has 0 spiro atoms. The van der Waals surface area contributed by atoms with Crippen molar-refractivity contribution in [1.82, 2.24) is 10.3 Å². The standard InChI is InChI=1S/C12H15ClF2N2O/c1-3-5-7(4-2)17-12(18)8-6-16-11(15)10(14)9(8)13/h6-7H,3-5H2,1-2H3,(H,17,18). The van der Waals surface area contributed by atoms with Crippen LogP contribution in [0.25, 0.3) is 0 Å². The van der Waals surface area contributed by atoms with E-state index < -0.39 is 22.7 Å². The second-order valence-electron chi connectivity index (χ2n) is 3.96. The second kappa shape index (κ2) is 6.64. The fraction of sp³-hybridized carbons (Fsp3) is 0.500. The Bertz CT molecular complexity index is 440. The summed E-state index contributed by atoms with van der Waals surface area (Å²) < 4.78 is 25.9. The number of rotatable bonds is 5. The first kappa shape index (κ1) is 14.8. The number of hydrogen-bond acceptors (Lipinski definition) is 2. The summed E-state index contributed by atoms with van der Waals surface area (Å²) in [4.78, 5) is 15.0. The van der Waals surface area contributed by atoms with Gasteiger partial charge in [0.15, 0.2) is 5.82 Å². The molecule has 1 unspecified atom stereocenters. The van der Waals surface area contributed by atoms with Gasteiger partial charge in [-0.25, -0.2) is 9.37 Å². The minimum absolute atomic E-state index is 0.00770. The largest absolute Gasteiger partial charge is 0.349 e. The van der Waals surface area contributed by atoms with Gasteiger partial charge in [-0.15, -0.1) is 0 Å². The van der Waals surface area contributed by atoms with E-state index in [1.54, 1.807) is 0 Å². The number of aromatic nitrogens is 1.